The van der Waals surface area contributed by atoms with E-state index in [1.54, 1.807) is 0 Å². The molecule has 2 rings (SSSR count). The van der Waals surface area contributed by atoms with Gasteiger partial charge in [0.05, 0.1) is 5.52 Å². The Morgan fingerprint density at radius 3 is 2.74 bits per heavy atom. The molecule has 0 atom stereocenters. The van der Waals surface area contributed by atoms with E-state index < -0.39 is 0 Å². The minimum absolute atomic E-state index is 0.532. The van der Waals surface area contributed by atoms with Crippen LogP contribution in [0.15, 0.2) is 30.3 Å². The summed E-state index contributed by atoms with van der Waals surface area (Å²) in [6.45, 7) is 8.38. The number of pyridine rings is 1. The fraction of sp³-hybridized carbons (Fsp3) is 0.438. The molecule has 0 amide bonds. The first-order valence-corrected chi connectivity index (χ1v) is 6.89. The quantitative estimate of drug-likeness (QED) is 0.892. The largest absolute Gasteiger partial charge is 0.373 e. The van der Waals surface area contributed by atoms with Crippen LogP contribution < -0.4 is 10.2 Å². The second-order valence-corrected chi connectivity index (χ2v) is 5.33. The van der Waals surface area contributed by atoms with Gasteiger partial charge in [0.15, 0.2) is 0 Å². The van der Waals surface area contributed by atoms with Crippen molar-refractivity contribution in [3.8, 4) is 0 Å². The van der Waals surface area contributed by atoms with Gasteiger partial charge >= 0.3 is 0 Å². The van der Waals surface area contributed by atoms with E-state index in [-0.39, 0.29) is 0 Å². The molecule has 3 heteroatoms. The van der Waals surface area contributed by atoms with Gasteiger partial charge in [-0.2, -0.15) is 0 Å². The number of benzene rings is 1. The summed E-state index contributed by atoms with van der Waals surface area (Å²) >= 11 is 0. The van der Waals surface area contributed by atoms with Gasteiger partial charge in [-0.3, -0.25) is 4.98 Å². The molecule has 0 spiro atoms. The molecule has 19 heavy (non-hydrogen) atoms. The SMILES string of the molecule is Cc1cc(N(C)CCNC(C)C)c2ccccc2n1. The number of likely N-dealkylation sites (N-methyl/N-ethyl adjacent to an activating group) is 1. The highest BCUT2D eigenvalue weighted by Gasteiger charge is 2.07. The minimum Gasteiger partial charge on any atom is -0.373 e. The van der Waals surface area contributed by atoms with E-state index in [4.69, 9.17) is 0 Å². The molecule has 0 radical (unpaired) electrons. The topological polar surface area (TPSA) is 28.2 Å². The molecule has 0 saturated heterocycles. The Balaban J connectivity index is 2.23. The predicted molar refractivity (Wildman–Crippen MR) is 82.9 cm³/mol. The van der Waals surface area contributed by atoms with E-state index >= 15 is 0 Å². The number of para-hydroxylation sites is 1. The lowest BCUT2D eigenvalue weighted by Gasteiger charge is -2.22. The minimum atomic E-state index is 0.532. The van der Waals surface area contributed by atoms with E-state index in [1.165, 1.54) is 11.1 Å². The number of rotatable bonds is 5. The lowest BCUT2D eigenvalue weighted by molar-refractivity contribution is 0.589. The molecule has 1 heterocycles. The summed E-state index contributed by atoms with van der Waals surface area (Å²) in [5.74, 6) is 0. The van der Waals surface area contributed by atoms with Crippen molar-refractivity contribution in [2.45, 2.75) is 26.8 Å². The van der Waals surface area contributed by atoms with Crippen LogP contribution in [0.25, 0.3) is 10.9 Å². The molecule has 0 bridgehead atoms. The molecule has 102 valence electrons. The first-order valence-electron chi connectivity index (χ1n) is 6.89. The normalized spacial score (nSPS) is 11.2. The molecular weight excluding hydrogens is 234 g/mol. The van der Waals surface area contributed by atoms with Gasteiger partial charge in [0, 0.05) is 42.9 Å². The highest BCUT2D eigenvalue weighted by Crippen LogP contribution is 2.25. The van der Waals surface area contributed by atoms with Gasteiger partial charge in [0.1, 0.15) is 0 Å². The average molecular weight is 257 g/mol. The van der Waals surface area contributed by atoms with Crippen molar-refractivity contribution >= 4 is 16.6 Å². The lowest BCUT2D eigenvalue weighted by atomic mass is 10.1. The van der Waals surface area contributed by atoms with Gasteiger partial charge in [0.2, 0.25) is 0 Å². The number of nitrogens with zero attached hydrogens (tertiary/aromatic N) is 2. The number of hydrogen-bond donors (Lipinski definition) is 1. The summed E-state index contributed by atoms with van der Waals surface area (Å²) in [4.78, 5) is 6.88. The molecule has 1 aromatic carbocycles. The van der Waals surface area contributed by atoms with Crippen molar-refractivity contribution in [2.24, 2.45) is 0 Å². The summed E-state index contributed by atoms with van der Waals surface area (Å²) in [5.41, 5.74) is 3.40. The summed E-state index contributed by atoms with van der Waals surface area (Å²) < 4.78 is 0. The molecular formula is C16H23N3. The number of anilines is 1. The van der Waals surface area contributed by atoms with Crippen molar-refractivity contribution in [3.63, 3.8) is 0 Å². The number of aromatic nitrogens is 1. The average Bonchev–Trinajstić information content (AvgIpc) is 2.37. The van der Waals surface area contributed by atoms with E-state index in [2.05, 4.69) is 67.3 Å². The van der Waals surface area contributed by atoms with E-state index in [9.17, 15) is 0 Å². The summed E-state index contributed by atoms with van der Waals surface area (Å²) in [6.07, 6.45) is 0. The van der Waals surface area contributed by atoms with Crippen LogP contribution in [0.4, 0.5) is 5.69 Å². The smallest absolute Gasteiger partial charge is 0.0726 e. The first-order chi connectivity index (χ1) is 9.08. The zero-order valence-electron chi connectivity index (χ0n) is 12.3. The second-order valence-electron chi connectivity index (χ2n) is 5.33. The number of aryl methyl sites for hydroxylation is 1. The van der Waals surface area contributed by atoms with Crippen molar-refractivity contribution in [1.29, 1.82) is 0 Å². The van der Waals surface area contributed by atoms with Crippen LogP contribution in [0.1, 0.15) is 19.5 Å². The molecule has 3 nitrogen and oxygen atoms in total. The van der Waals surface area contributed by atoms with Gasteiger partial charge in [-0.25, -0.2) is 0 Å². The Morgan fingerprint density at radius 2 is 2.00 bits per heavy atom. The van der Waals surface area contributed by atoms with Gasteiger partial charge in [-0.15, -0.1) is 0 Å². The van der Waals surface area contributed by atoms with Crippen LogP contribution >= 0.6 is 0 Å². The van der Waals surface area contributed by atoms with Crippen molar-refractivity contribution in [3.05, 3.63) is 36.0 Å². The zero-order valence-corrected chi connectivity index (χ0v) is 12.3. The molecule has 2 aromatic rings. The van der Waals surface area contributed by atoms with Gasteiger partial charge < -0.3 is 10.2 Å². The summed E-state index contributed by atoms with van der Waals surface area (Å²) in [6, 6.07) is 11.0. The van der Waals surface area contributed by atoms with Gasteiger partial charge in [-0.05, 0) is 19.1 Å². The Labute approximate surface area is 115 Å². The predicted octanol–water partition coefficient (Wildman–Crippen LogP) is 2.98. The van der Waals surface area contributed by atoms with Crippen molar-refractivity contribution in [2.75, 3.05) is 25.0 Å². The second kappa shape index (κ2) is 6.02. The Bertz CT molecular complexity index is 549. The molecule has 1 N–H and O–H groups in total. The fourth-order valence-corrected chi connectivity index (χ4v) is 2.24. The summed E-state index contributed by atoms with van der Waals surface area (Å²) in [7, 11) is 2.14. The van der Waals surface area contributed by atoms with Gasteiger partial charge in [0.25, 0.3) is 0 Å². The van der Waals surface area contributed by atoms with E-state index in [1.807, 2.05) is 6.07 Å². The van der Waals surface area contributed by atoms with Crippen molar-refractivity contribution in [1.82, 2.24) is 10.3 Å². The fourth-order valence-electron chi connectivity index (χ4n) is 2.24. The highest BCUT2D eigenvalue weighted by molar-refractivity contribution is 5.91. The third-order valence-corrected chi connectivity index (χ3v) is 3.23. The maximum Gasteiger partial charge on any atom is 0.0726 e. The van der Waals surface area contributed by atoms with Crippen LogP contribution in [0.3, 0.4) is 0 Å². The summed E-state index contributed by atoms with van der Waals surface area (Å²) in [5, 5.41) is 4.67. The Kier molecular flexibility index (Phi) is 4.38. The van der Waals surface area contributed by atoms with E-state index in [0.29, 0.717) is 6.04 Å². The number of hydrogen-bond acceptors (Lipinski definition) is 3. The molecule has 0 unspecified atom stereocenters. The third kappa shape index (κ3) is 3.44. The van der Waals surface area contributed by atoms with Crippen LogP contribution in [-0.4, -0.2) is 31.2 Å². The standard InChI is InChI=1S/C16H23N3/c1-12(2)17-9-10-19(4)16-11-13(3)18-15-8-6-5-7-14(15)16/h5-8,11-12,17H,9-10H2,1-4H3. The molecule has 0 saturated carbocycles. The van der Waals surface area contributed by atoms with Gasteiger partial charge in [-0.1, -0.05) is 32.0 Å². The van der Waals surface area contributed by atoms with Crippen LogP contribution in [0, 0.1) is 6.92 Å². The lowest BCUT2D eigenvalue weighted by Crippen LogP contribution is -2.32. The molecule has 0 aliphatic rings. The van der Waals surface area contributed by atoms with Crippen molar-refractivity contribution < 1.29 is 0 Å². The third-order valence-electron chi connectivity index (χ3n) is 3.23. The van der Waals surface area contributed by atoms with Crippen LogP contribution in [-0.2, 0) is 0 Å². The van der Waals surface area contributed by atoms with Crippen LogP contribution in [0.2, 0.25) is 0 Å². The molecule has 0 aliphatic heterocycles. The molecule has 1 aromatic heterocycles. The van der Waals surface area contributed by atoms with E-state index in [0.717, 1.165) is 24.3 Å². The maximum atomic E-state index is 4.58. The Hall–Kier alpha value is -1.61. The number of fused-ring (bicyclic) bond motifs is 1. The molecule has 0 fully saturated rings. The van der Waals surface area contributed by atoms with Crippen LogP contribution in [0.5, 0.6) is 0 Å². The zero-order chi connectivity index (χ0) is 13.8. The monoisotopic (exact) mass is 257 g/mol. The first kappa shape index (κ1) is 13.8. The maximum absolute atomic E-state index is 4.58. The Morgan fingerprint density at radius 1 is 1.26 bits per heavy atom. The number of nitrogens with one attached hydrogen (secondary N) is 1. The molecule has 0 aliphatic carbocycles. The highest BCUT2D eigenvalue weighted by atomic mass is 15.1.